The van der Waals surface area contributed by atoms with Gasteiger partial charge >= 0.3 is 0 Å². The Kier molecular flexibility index (Phi) is 3.63. The highest BCUT2D eigenvalue weighted by Crippen LogP contribution is 2.25. The van der Waals surface area contributed by atoms with Gasteiger partial charge in [0.25, 0.3) is 0 Å². The molecule has 2 aromatic rings. The zero-order valence-electron chi connectivity index (χ0n) is 8.77. The van der Waals surface area contributed by atoms with E-state index in [0.717, 1.165) is 0 Å². The van der Waals surface area contributed by atoms with Crippen LogP contribution in [0, 0.1) is 5.82 Å². The quantitative estimate of drug-likeness (QED) is 0.646. The van der Waals surface area contributed by atoms with Gasteiger partial charge in [0.15, 0.2) is 0 Å². The molecule has 88 valence electrons. The van der Waals surface area contributed by atoms with E-state index in [0.29, 0.717) is 16.1 Å². The van der Waals surface area contributed by atoms with E-state index in [4.69, 9.17) is 17.4 Å². The van der Waals surface area contributed by atoms with E-state index in [1.807, 2.05) is 0 Å². The van der Waals surface area contributed by atoms with Crippen LogP contribution in [0.3, 0.4) is 0 Å². The van der Waals surface area contributed by atoms with Gasteiger partial charge in [-0.3, -0.25) is 5.84 Å². The Hall–Kier alpha value is -1.56. The van der Waals surface area contributed by atoms with Crippen LogP contribution >= 0.6 is 11.6 Å². The third kappa shape index (κ3) is 2.58. The molecule has 3 N–H and O–H groups in total. The van der Waals surface area contributed by atoms with E-state index in [1.54, 1.807) is 12.4 Å². The minimum absolute atomic E-state index is 0.356. The highest BCUT2D eigenvalue weighted by atomic mass is 35.5. The number of hydrogen-bond donors (Lipinski definition) is 2. The molecule has 0 bridgehead atoms. The lowest BCUT2D eigenvalue weighted by Gasteiger charge is -2.16. The Balaban J connectivity index is 2.46. The first-order valence-electron chi connectivity index (χ1n) is 4.88. The van der Waals surface area contributed by atoms with E-state index < -0.39 is 6.04 Å². The zero-order valence-corrected chi connectivity index (χ0v) is 9.53. The summed E-state index contributed by atoms with van der Waals surface area (Å²) in [5.74, 6) is 5.05. The molecule has 0 amide bonds. The predicted octanol–water partition coefficient (Wildman–Crippen LogP) is 1.82. The Morgan fingerprint density at radius 2 is 2.00 bits per heavy atom. The Labute approximate surface area is 103 Å². The van der Waals surface area contributed by atoms with Crippen molar-refractivity contribution >= 4 is 11.6 Å². The van der Waals surface area contributed by atoms with Gasteiger partial charge in [0.2, 0.25) is 0 Å². The standard InChI is InChI=1S/C11H10ClFN4/c12-8-1-2-10(13)9(3-8)11(17-14)7-4-15-6-16-5-7/h1-6,11,17H,14H2. The number of hydrazine groups is 1. The Bertz CT molecular complexity index is 506. The highest BCUT2D eigenvalue weighted by Gasteiger charge is 2.17. The number of aromatic nitrogens is 2. The molecule has 1 aromatic heterocycles. The van der Waals surface area contributed by atoms with Crippen molar-refractivity contribution in [1.82, 2.24) is 15.4 Å². The van der Waals surface area contributed by atoms with Crippen LogP contribution in [0.1, 0.15) is 17.2 Å². The minimum atomic E-state index is -0.533. The van der Waals surface area contributed by atoms with Crippen molar-refractivity contribution in [2.75, 3.05) is 0 Å². The second kappa shape index (κ2) is 5.18. The summed E-state index contributed by atoms with van der Waals surface area (Å²) >= 11 is 5.84. The van der Waals surface area contributed by atoms with Gasteiger partial charge in [0, 0.05) is 28.5 Å². The van der Waals surface area contributed by atoms with Gasteiger partial charge in [0.05, 0.1) is 6.04 Å². The summed E-state index contributed by atoms with van der Waals surface area (Å²) in [5, 5.41) is 0.443. The summed E-state index contributed by atoms with van der Waals surface area (Å²) in [6.07, 6.45) is 4.53. The van der Waals surface area contributed by atoms with Crippen molar-refractivity contribution in [3.63, 3.8) is 0 Å². The first-order chi connectivity index (χ1) is 8.22. The van der Waals surface area contributed by atoms with E-state index >= 15 is 0 Å². The van der Waals surface area contributed by atoms with Gasteiger partial charge in [-0.2, -0.15) is 0 Å². The third-order valence-electron chi connectivity index (χ3n) is 2.35. The van der Waals surface area contributed by atoms with Crippen molar-refractivity contribution < 1.29 is 4.39 Å². The molecule has 1 unspecified atom stereocenters. The van der Waals surface area contributed by atoms with Crippen LogP contribution in [0.5, 0.6) is 0 Å². The number of rotatable bonds is 3. The normalized spacial score (nSPS) is 12.4. The van der Waals surface area contributed by atoms with Crippen molar-refractivity contribution in [3.05, 3.63) is 58.9 Å². The molecule has 0 aliphatic carbocycles. The highest BCUT2D eigenvalue weighted by molar-refractivity contribution is 6.30. The van der Waals surface area contributed by atoms with E-state index in [9.17, 15) is 4.39 Å². The van der Waals surface area contributed by atoms with E-state index in [1.165, 1.54) is 24.5 Å². The van der Waals surface area contributed by atoms with Crippen molar-refractivity contribution in [1.29, 1.82) is 0 Å². The summed E-state index contributed by atoms with van der Waals surface area (Å²) in [5.41, 5.74) is 3.54. The molecule has 0 radical (unpaired) electrons. The summed E-state index contributed by atoms with van der Waals surface area (Å²) in [6.45, 7) is 0. The predicted molar refractivity (Wildman–Crippen MR) is 62.6 cm³/mol. The Morgan fingerprint density at radius 1 is 1.29 bits per heavy atom. The second-order valence-electron chi connectivity index (χ2n) is 3.44. The zero-order chi connectivity index (χ0) is 12.3. The average molecular weight is 253 g/mol. The summed E-state index contributed by atoms with van der Waals surface area (Å²) < 4.78 is 13.7. The van der Waals surface area contributed by atoms with Gasteiger partial charge < -0.3 is 0 Å². The first kappa shape index (κ1) is 11.9. The molecule has 0 spiro atoms. The maximum absolute atomic E-state index is 13.7. The van der Waals surface area contributed by atoms with Gasteiger partial charge in [-0.25, -0.2) is 19.8 Å². The fourth-order valence-electron chi connectivity index (χ4n) is 1.56. The van der Waals surface area contributed by atoms with Gasteiger partial charge in [-0.1, -0.05) is 11.6 Å². The van der Waals surface area contributed by atoms with Gasteiger partial charge in [0.1, 0.15) is 12.1 Å². The fourth-order valence-corrected chi connectivity index (χ4v) is 1.74. The number of nitrogens with two attached hydrogens (primary N) is 1. The fraction of sp³-hybridized carbons (Fsp3) is 0.0909. The summed E-state index contributed by atoms with van der Waals surface area (Å²) in [7, 11) is 0. The molecular formula is C11H10ClFN4. The number of nitrogens with one attached hydrogen (secondary N) is 1. The summed E-state index contributed by atoms with van der Waals surface area (Å²) in [6, 6.07) is 3.77. The smallest absolute Gasteiger partial charge is 0.128 e. The number of benzene rings is 1. The lowest BCUT2D eigenvalue weighted by molar-refractivity contribution is 0.558. The molecule has 1 aromatic carbocycles. The lowest BCUT2D eigenvalue weighted by Crippen LogP contribution is -2.29. The molecule has 4 nitrogen and oxygen atoms in total. The van der Waals surface area contributed by atoms with Crippen molar-refractivity contribution in [2.45, 2.75) is 6.04 Å². The monoisotopic (exact) mass is 252 g/mol. The maximum atomic E-state index is 13.7. The molecule has 0 fully saturated rings. The van der Waals surface area contributed by atoms with Crippen LogP contribution in [-0.4, -0.2) is 9.97 Å². The van der Waals surface area contributed by atoms with Crippen LogP contribution in [0.15, 0.2) is 36.9 Å². The lowest BCUT2D eigenvalue weighted by atomic mass is 10.0. The van der Waals surface area contributed by atoms with E-state index in [-0.39, 0.29) is 5.82 Å². The van der Waals surface area contributed by atoms with Crippen molar-refractivity contribution in [2.24, 2.45) is 5.84 Å². The molecular weight excluding hydrogens is 243 g/mol. The van der Waals surface area contributed by atoms with E-state index in [2.05, 4.69) is 15.4 Å². The number of hydrogen-bond acceptors (Lipinski definition) is 4. The SMILES string of the molecule is NNC(c1cncnc1)c1cc(Cl)ccc1F. The first-order valence-corrected chi connectivity index (χ1v) is 5.26. The minimum Gasteiger partial charge on any atom is -0.271 e. The molecule has 17 heavy (non-hydrogen) atoms. The maximum Gasteiger partial charge on any atom is 0.128 e. The van der Waals surface area contributed by atoms with Crippen LogP contribution < -0.4 is 11.3 Å². The third-order valence-corrected chi connectivity index (χ3v) is 2.58. The summed E-state index contributed by atoms with van der Waals surface area (Å²) in [4.78, 5) is 7.74. The largest absolute Gasteiger partial charge is 0.271 e. The van der Waals surface area contributed by atoms with Crippen LogP contribution in [0.2, 0.25) is 5.02 Å². The van der Waals surface area contributed by atoms with Gasteiger partial charge in [-0.15, -0.1) is 0 Å². The molecule has 6 heteroatoms. The van der Waals surface area contributed by atoms with Crippen LogP contribution in [0.25, 0.3) is 0 Å². The molecule has 0 saturated heterocycles. The molecule has 1 atom stereocenters. The van der Waals surface area contributed by atoms with Crippen LogP contribution in [-0.2, 0) is 0 Å². The van der Waals surface area contributed by atoms with Crippen molar-refractivity contribution in [3.8, 4) is 0 Å². The Morgan fingerprint density at radius 3 is 2.65 bits per heavy atom. The number of halogens is 2. The topological polar surface area (TPSA) is 63.8 Å². The molecule has 2 rings (SSSR count). The molecule has 0 aliphatic heterocycles. The molecule has 0 aliphatic rings. The second-order valence-corrected chi connectivity index (χ2v) is 3.87. The molecule has 1 heterocycles. The van der Waals surface area contributed by atoms with Crippen LogP contribution in [0.4, 0.5) is 4.39 Å². The molecule has 0 saturated carbocycles. The number of nitrogens with zero attached hydrogens (tertiary/aromatic N) is 2. The average Bonchev–Trinajstić information content (AvgIpc) is 2.36. The van der Waals surface area contributed by atoms with Gasteiger partial charge in [-0.05, 0) is 18.2 Å².